The largest absolute Gasteiger partial charge is 0.393 e. The maximum atomic E-state index is 10.1. The minimum absolute atomic E-state index is 0.172. The van der Waals surface area contributed by atoms with E-state index in [4.69, 9.17) is 22.3 Å². The van der Waals surface area contributed by atoms with Gasteiger partial charge in [-0.3, -0.25) is 4.40 Å². The van der Waals surface area contributed by atoms with Gasteiger partial charge in [0.05, 0.1) is 16.0 Å². The maximum Gasteiger partial charge on any atom is 0.211 e. The van der Waals surface area contributed by atoms with Crippen molar-refractivity contribution in [2.24, 2.45) is 17.8 Å². The number of anilines is 2. The summed E-state index contributed by atoms with van der Waals surface area (Å²) in [6.07, 6.45) is 7.87. The number of hydrogen-bond donors (Lipinski definition) is 2. The molecular weight excluding hydrogens is 396 g/mol. The molecule has 4 atom stereocenters. The molecule has 2 aliphatic rings. The Morgan fingerprint density at radius 2 is 2.04 bits per heavy atom. The standard InChI is InChI=1S/C19H21ClN6OS/c1-2-12(27)15-10-8-25(9-11(10)15)19-24-7-14(18-23-5-6-26(18)19)28-13-3-4-22-17(21)16(13)20/h3-7,10-12,15,27H,2,8-9H2,1H3,(H2,21,22)/t10-,11?,12-,15?/m0/s1. The van der Waals surface area contributed by atoms with E-state index in [1.54, 1.807) is 12.4 Å². The summed E-state index contributed by atoms with van der Waals surface area (Å²) in [4.78, 5) is 17.3. The Hall–Kier alpha value is -2.03. The van der Waals surface area contributed by atoms with Crippen LogP contribution in [0.25, 0.3) is 5.65 Å². The number of nitrogens with zero attached hydrogens (tertiary/aromatic N) is 5. The Kier molecular flexibility index (Phi) is 4.37. The minimum Gasteiger partial charge on any atom is -0.393 e. The lowest BCUT2D eigenvalue weighted by Gasteiger charge is -2.23. The second-order valence-corrected chi connectivity index (χ2v) is 8.90. The number of halogens is 1. The molecule has 28 heavy (non-hydrogen) atoms. The normalized spacial score (nSPS) is 24.5. The molecule has 3 aromatic heterocycles. The summed E-state index contributed by atoms with van der Waals surface area (Å²) in [5, 5.41) is 10.6. The van der Waals surface area contributed by atoms with Gasteiger partial charge in [-0.05, 0) is 30.2 Å². The van der Waals surface area contributed by atoms with Gasteiger partial charge < -0.3 is 15.7 Å². The lowest BCUT2D eigenvalue weighted by molar-refractivity contribution is 0.134. The highest BCUT2D eigenvalue weighted by Gasteiger charge is 2.58. The van der Waals surface area contributed by atoms with Crippen LogP contribution in [-0.4, -0.2) is 43.7 Å². The van der Waals surface area contributed by atoms with Crippen LogP contribution in [0.5, 0.6) is 0 Å². The van der Waals surface area contributed by atoms with Crippen LogP contribution < -0.4 is 10.6 Å². The Balaban J connectivity index is 1.41. The smallest absolute Gasteiger partial charge is 0.211 e. The predicted octanol–water partition coefficient (Wildman–Crippen LogP) is 2.96. The molecule has 0 radical (unpaired) electrons. The monoisotopic (exact) mass is 416 g/mol. The Morgan fingerprint density at radius 3 is 2.79 bits per heavy atom. The molecule has 1 saturated carbocycles. The molecule has 146 valence electrons. The van der Waals surface area contributed by atoms with Gasteiger partial charge in [0.15, 0.2) is 5.65 Å². The Morgan fingerprint density at radius 1 is 1.25 bits per heavy atom. The molecular formula is C19H21ClN6OS. The van der Waals surface area contributed by atoms with Gasteiger partial charge in [0.25, 0.3) is 0 Å². The van der Waals surface area contributed by atoms with Gasteiger partial charge in [-0.15, -0.1) is 0 Å². The van der Waals surface area contributed by atoms with E-state index in [9.17, 15) is 5.11 Å². The summed E-state index contributed by atoms with van der Waals surface area (Å²) in [6, 6.07) is 1.84. The molecule has 9 heteroatoms. The molecule has 5 rings (SSSR count). The minimum atomic E-state index is -0.172. The summed E-state index contributed by atoms with van der Waals surface area (Å²) in [5.41, 5.74) is 6.66. The van der Waals surface area contributed by atoms with E-state index in [1.807, 2.05) is 29.8 Å². The highest BCUT2D eigenvalue weighted by atomic mass is 35.5. The zero-order valence-corrected chi connectivity index (χ0v) is 16.9. The van der Waals surface area contributed by atoms with Gasteiger partial charge in [0.1, 0.15) is 5.82 Å². The first kappa shape index (κ1) is 18.0. The zero-order chi connectivity index (χ0) is 19.4. The van der Waals surface area contributed by atoms with Crippen LogP contribution in [0, 0.1) is 17.8 Å². The van der Waals surface area contributed by atoms with Gasteiger partial charge in [-0.2, -0.15) is 0 Å². The topological polar surface area (TPSA) is 92.6 Å². The van der Waals surface area contributed by atoms with Crippen LogP contribution >= 0.6 is 23.4 Å². The second-order valence-electron chi connectivity index (χ2n) is 7.44. The van der Waals surface area contributed by atoms with Crippen molar-refractivity contribution in [2.45, 2.75) is 29.2 Å². The number of aromatic nitrogens is 4. The van der Waals surface area contributed by atoms with Crippen molar-refractivity contribution in [2.75, 3.05) is 23.7 Å². The average Bonchev–Trinajstić information content (AvgIpc) is 3.06. The van der Waals surface area contributed by atoms with E-state index < -0.39 is 0 Å². The van der Waals surface area contributed by atoms with E-state index in [0.717, 1.165) is 40.9 Å². The molecule has 4 heterocycles. The first-order chi connectivity index (χ1) is 13.6. The number of nitrogens with two attached hydrogens (primary N) is 1. The summed E-state index contributed by atoms with van der Waals surface area (Å²) < 4.78 is 2.02. The number of nitrogen functional groups attached to an aromatic ring is 1. The SMILES string of the molecule is CC[C@H](O)C1C2CN(c3ncc(Sc4ccnc(N)c4Cl)c4nccn34)C[C@@H]21. The molecule has 2 unspecified atom stereocenters. The highest BCUT2D eigenvalue weighted by Crippen LogP contribution is 2.54. The molecule has 0 aromatic carbocycles. The van der Waals surface area contributed by atoms with Crippen LogP contribution in [0.2, 0.25) is 5.02 Å². The Bertz CT molecular complexity index is 1030. The van der Waals surface area contributed by atoms with Crippen molar-refractivity contribution in [3.63, 3.8) is 0 Å². The molecule has 3 N–H and O–H groups in total. The summed E-state index contributed by atoms with van der Waals surface area (Å²) >= 11 is 7.77. The molecule has 3 aromatic rings. The Labute approximate surface area is 171 Å². The van der Waals surface area contributed by atoms with Crippen molar-refractivity contribution in [3.05, 3.63) is 35.9 Å². The molecule has 1 saturated heterocycles. The van der Waals surface area contributed by atoms with Crippen LogP contribution in [0.3, 0.4) is 0 Å². The van der Waals surface area contributed by atoms with Crippen molar-refractivity contribution in [3.8, 4) is 0 Å². The third-order valence-electron chi connectivity index (χ3n) is 5.88. The molecule has 0 amide bonds. The molecule has 1 aliphatic heterocycles. The fourth-order valence-electron chi connectivity index (χ4n) is 4.41. The van der Waals surface area contributed by atoms with Crippen LogP contribution in [0.1, 0.15) is 13.3 Å². The van der Waals surface area contributed by atoms with E-state index >= 15 is 0 Å². The number of pyridine rings is 1. The van der Waals surface area contributed by atoms with Crippen molar-refractivity contribution in [1.82, 2.24) is 19.4 Å². The highest BCUT2D eigenvalue weighted by molar-refractivity contribution is 7.99. The molecule has 2 fully saturated rings. The van der Waals surface area contributed by atoms with E-state index in [-0.39, 0.29) is 6.10 Å². The van der Waals surface area contributed by atoms with Crippen LogP contribution in [0.15, 0.2) is 40.6 Å². The van der Waals surface area contributed by atoms with Crippen molar-refractivity contribution < 1.29 is 5.11 Å². The van der Waals surface area contributed by atoms with Gasteiger partial charge in [0.2, 0.25) is 5.95 Å². The fraction of sp³-hybridized carbons (Fsp3) is 0.421. The molecule has 1 aliphatic carbocycles. The number of imidazole rings is 1. The maximum absolute atomic E-state index is 10.1. The number of piperidine rings is 1. The van der Waals surface area contributed by atoms with E-state index in [2.05, 4.69) is 14.9 Å². The van der Waals surface area contributed by atoms with Crippen LogP contribution in [-0.2, 0) is 0 Å². The lowest BCUT2D eigenvalue weighted by atomic mass is 10.1. The van der Waals surface area contributed by atoms with Gasteiger partial charge in [-0.25, -0.2) is 15.0 Å². The molecule has 0 spiro atoms. The van der Waals surface area contributed by atoms with Crippen LogP contribution in [0.4, 0.5) is 11.8 Å². The summed E-state index contributed by atoms with van der Waals surface area (Å²) in [5.74, 6) is 2.81. The first-order valence-corrected chi connectivity index (χ1v) is 10.6. The third kappa shape index (κ3) is 2.82. The van der Waals surface area contributed by atoms with Crippen molar-refractivity contribution >= 4 is 40.8 Å². The number of aliphatic hydroxyl groups is 1. The number of rotatable bonds is 5. The summed E-state index contributed by atoms with van der Waals surface area (Å²) in [7, 11) is 0. The van der Waals surface area contributed by atoms with E-state index in [0.29, 0.717) is 28.6 Å². The van der Waals surface area contributed by atoms with Gasteiger partial charge in [-0.1, -0.05) is 30.3 Å². The van der Waals surface area contributed by atoms with Gasteiger partial charge in [0, 0.05) is 42.8 Å². The number of fused-ring (bicyclic) bond motifs is 2. The predicted molar refractivity (Wildman–Crippen MR) is 110 cm³/mol. The zero-order valence-electron chi connectivity index (χ0n) is 15.4. The summed E-state index contributed by atoms with van der Waals surface area (Å²) in [6.45, 7) is 3.92. The van der Waals surface area contributed by atoms with Gasteiger partial charge >= 0.3 is 0 Å². The van der Waals surface area contributed by atoms with E-state index in [1.165, 1.54) is 11.8 Å². The molecule has 0 bridgehead atoms. The quantitative estimate of drug-likeness (QED) is 0.660. The fourth-order valence-corrected chi connectivity index (χ4v) is 5.54. The lowest BCUT2D eigenvalue weighted by Crippen LogP contribution is -2.29. The van der Waals surface area contributed by atoms with Crippen molar-refractivity contribution in [1.29, 1.82) is 0 Å². The first-order valence-electron chi connectivity index (χ1n) is 9.41. The molecule has 7 nitrogen and oxygen atoms in total. The average molecular weight is 417 g/mol. The second kappa shape index (κ2) is 6.79. The third-order valence-corrected chi connectivity index (χ3v) is 7.46. The number of aliphatic hydroxyl groups excluding tert-OH is 1. The number of hydrogen-bond acceptors (Lipinski definition) is 7.